The van der Waals surface area contributed by atoms with E-state index in [4.69, 9.17) is 32.7 Å². The molecule has 0 fully saturated rings. The second kappa shape index (κ2) is 9.15. The Kier molecular flexibility index (Phi) is 6.61. The van der Waals surface area contributed by atoms with E-state index < -0.39 is 5.91 Å². The summed E-state index contributed by atoms with van der Waals surface area (Å²) in [7, 11) is 3.25. The first-order valence-electron chi connectivity index (χ1n) is 8.78. The number of nitrogens with zero attached hydrogens (tertiary/aromatic N) is 3. The van der Waals surface area contributed by atoms with Crippen molar-refractivity contribution >= 4 is 45.7 Å². The Morgan fingerprint density at radius 3 is 2.72 bits per heavy atom. The summed E-state index contributed by atoms with van der Waals surface area (Å²) in [4.78, 5) is 12.0. The van der Waals surface area contributed by atoms with Gasteiger partial charge in [-0.1, -0.05) is 23.2 Å². The third kappa shape index (κ3) is 4.81. The van der Waals surface area contributed by atoms with Gasteiger partial charge in [-0.3, -0.25) is 4.79 Å². The molecule has 3 aromatic rings. The first-order valence-corrected chi connectivity index (χ1v) is 9.54. The first kappa shape index (κ1) is 21.0. The van der Waals surface area contributed by atoms with E-state index in [9.17, 15) is 9.90 Å². The molecule has 7 nitrogen and oxygen atoms in total. The maximum atomic E-state index is 12.0. The molecule has 152 valence electrons. The summed E-state index contributed by atoms with van der Waals surface area (Å²) < 4.78 is 12.3. The van der Waals surface area contributed by atoms with Crippen LogP contribution in [-0.4, -0.2) is 29.3 Å². The molecule has 1 N–H and O–H groups in total. The van der Waals surface area contributed by atoms with Crippen molar-refractivity contribution in [2.24, 2.45) is 17.3 Å². The molecule has 0 bridgehead atoms. The lowest BCUT2D eigenvalue weighted by Gasteiger charge is -2.07. The maximum Gasteiger partial charge on any atom is 0.264 e. The number of hydrogen-bond donors (Lipinski definition) is 1. The Morgan fingerprint density at radius 1 is 1.21 bits per heavy atom. The van der Waals surface area contributed by atoms with Gasteiger partial charge in [-0.15, -0.1) is 10.2 Å². The van der Waals surface area contributed by atoms with Crippen LogP contribution in [-0.2, 0) is 11.8 Å². The molecule has 0 radical (unpaired) electrons. The number of methoxy groups -OCH3 is 1. The van der Waals surface area contributed by atoms with Crippen molar-refractivity contribution in [1.82, 2.24) is 4.57 Å². The number of benzene rings is 2. The molecule has 0 aliphatic heterocycles. The molecule has 0 spiro atoms. The minimum atomic E-state index is -0.421. The van der Waals surface area contributed by atoms with Crippen molar-refractivity contribution in [3.05, 3.63) is 46.4 Å². The number of aromatic hydroxyl groups is 1. The zero-order valence-corrected chi connectivity index (χ0v) is 17.4. The summed E-state index contributed by atoms with van der Waals surface area (Å²) in [5.41, 5.74) is 0.969. The number of azo groups is 1. The molecule has 3 rings (SSSR count). The van der Waals surface area contributed by atoms with Gasteiger partial charge in [0, 0.05) is 23.9 Å². The van der Waals surface area contributed by atoms with Crippen molar-refractivity contribution in [3.8, 4) is 17.4 Å². The lowest BCUT2D eigenvalue weighted by molar-refractivity contribution is -0.118. The van der Waals surface area contributed by atoms with E-state index in [0.29, 0.717) is 40.0 Å². The van der Waals surface area contributed by atoms with Crippen molar-refractivity contribution in [2.45, 2.75) is 12.8 Å². The van der Waals surface area contributed by atoms with E-state index in [1.165, 1.54) is 0 Å². The molecule has 0 saturated heterocycles. The Bertz CT molecular complexity index is 1080. The fraction of sp³-hybridized carbons (Fsp3) is 0.250. The van der Waals surface area contributed by atoms with Gasteiger partial charge in [0.25, 0.3) is 5.91 Å². The molecular formula is C20H19Cl2N3O4. The lowest BCUT2D eigenvalue weighted by Crippen LogP contribution is -2.01. The van der Waals surface area contributed by atoms with Gasteiger partial charge in [0.05, 0.1) is 24.3 Å². The number of fused-ring (bicyclic) bond motifs is 1. The smallest absolute Gasteiger partial charge is 0.264 e. The Hall–Kier alpha value is -2.77. The molecule has 9 heteroatoms. The van der Waals surface area contributed by atoms with Crippen molar-refractivity contribution in [2.75, 3.05) is 13.7 Å². The molecule has 0 saturated carbocycles. The van der Waals surface area contributed by atoms with Gasteiger partial charge in [0.1, 0.15) is 11.5 Å². The van der Waals surface area contributed by atoms with E-state index in [2.05, 4.69) is 10.2 Å². The van der Waals surface area contributed by atoms with Gasteiger partial charge in [0.15, 0.2) is 5.69 Å². The number of amides is 1. The number of carbonyl (C=O) groups is 1. The molecule has 2 aromatic carbocycles. The molecular weight excluding hydrogens is 417 g/mol. The van der Waals surface area contributed by atoms with E-state index in [0.717, 1.165) is 5.52 Å². The summed E-state index contributed by atoms with van der Waals surface area (Å²) in [5, 5.41) is 19.6. The highest BCUT2D eigenvalue weighted by Crippen LogP contribution is 2.39. The second-order valence-corrected chi connectivity index (χ2v) is 7.08. The summed E-state index contributed by atoms with van der Waals surface area (Å²) >= 11 is 11.9. The molecule has 0 unspecified atom stereocenters. The number of rotatable bonds is 7. The summed E-state index contributed by atoms with van der Waals surface area (Å²) in [6.07, 6.45) is 0.579. The Morgan fingerprint density at radius 2 is 2.00 bits per heavy atom. The van der Waals surface area contributed by atoms with Gasteiger partial charge in [0.2, 0.25) is 5.88 Å². The summed E-state index contributed by atoms with van der Waals surface area (Å²) in [6, 6.07) is 10.2. The second-order valence-electron chi connectivity index (χ2n) is 6.23. The molecule has 0 aliphatic rings. The number of halogens is 2. The molecule has 1 aromatic heterocycles. The molecule has 1 heterocycles. The third-order valence-electron chi connectivity index (χ3n) is 4.30. The molecule has 0 atom stereocenters. The van der Waals surface area contributed by atoms with Gasteiger partial charge in [-0.25, -0.2) is 0 Å². The van der Waals surface area contributed by atoms with Gasteiger partial charge < -0.3 is 19.1 Å². The van der Waals surface area contributed by atoms with Crippen LogP contribution in [0.25, 0.3) is 10.9 Å². The van der Waals surface area contributed by atoms with Crippen molar-refractivity contribution in [1.29, 1.82) is 0 Å². The average molecular weight is 436 g/mol. The van der Waals surface area contributed by atoms with Crippen LogP contribution in [0.15, 0.2) is 46.6 Å². The van der Waals surface area contributed by atoms with Crippen LogP contribution in [0.2, 0.25) is 10.0 Å². The van der Waals surface area contributed by atoms with Crippen LogP contribution in [0, 0.1) is 0 Å². The highest BCUT2D eigenvalue weighted by atomic mass is 35.5. The maximum absolute atomic E-state index is 12.0. The van der Waals surface area contributed by atoms with Crippen LogP contribution in [0.1, 0.15) is 12.8 Å². The predicted molar refractivity (Wildman–Crippen MR) is 112 cm³/mol. The Labute approximate surface area is 177 Å². The van der Waals surface area contributed by atoms with E-state index in [1.807, 2.05) is 0 Å². The number of aromatic nitrogens is 1. The normalized spacial score (nSPS) is 11.3. The van der Waals surface area contributed by atoms with Crippen molar-refractivity contribution < 1.29 is 19.4 Å². The Balaban J connectivity index is 1.61. The van der Waals surface area contributed by atoms with Crippen LogP contribution >= 0.6 is 23.2 Å². The van der Waals surface area contributed by atoms with Gasteiger partial charge in [-0.2, -0.15) is 0 Å². The van der Waals surface area contributed by atoms with Crippen LogP contribution in [0.4, 0.5) is 5.69 Å². The standard InChI is InChI=1S/C20H19Cl2N3O4/c1-25-16-7-6-13(28-2)11-14(16)19(20(25)27)24-23-18(26)4-3-9-29-17-8-5-12(21)10-15(17)22/h5-8,10-11,27H,3-4,9H2,1-2H3. The number of ether oxygens (including phenoxy) is 2. The lowest BCUT2D eigenvalue weighted by atomic mass is 10.2. The molecule has 1 amide bonds. The van der Waals surface area contributed by atoms with Crippen LogP contribution in [0.3, 0.4) is 0 Å². The monoisotopic (exact) mass is 435 g/mol. The number of aryl methyl sites for hydroxylation is 1. The predicted octanol–water partition coefficient (Wildman–Crippen LogP) is 5.67. The number of hydrogen-bond acceptors (Lipinski definition) is 5. The summed E-state index contributed by atoms with van der Waals surface area (Å²) in [5.74, 6) is 0.615. The van der Waals surface area contributed by atoms with Crippen molar-refractivity contribution in [3.63, 3.8) is 0 Å². The highest BCUT2D eigenvalue weighted by Gasteiger charge is 2.15. The van der Waals surface area contributed by atoms with E-state index in [-0.39, 0.29) is 18.0 Å². The molecule has 29 heavy (non-hydrogen) atoms. The van der Waals surface area contributed by atoms with E-state index >= 15 is 0 Å². The van der Waals surface area contributed by atoms with E-state index in [1.54, 1.807) is 55.1 Å². The highest BCUT2D eigenvalue weighted by molar-refractivity contribution is 6.35. The minimum Gasteiger partial charge on any atom is -0.497 e. The zero-order valence-electron chi connectivity index (χ0n) is 15.9. The van der Waals surface area contributed by atoms with Gasteiger partial charge in [-0.05, 0) is 42.8 Å². The average Bonchev–Trinajstić information content (AvgIpc) is 2.94. The quantitative estimate of drug-likeness (QED) is 0.382. The minimum absolute atomic E-state index is 0.0782. The SMILES string of the molecule is COc1ccc2c(c1)c(N=NC(=O)CCCOc1ccc(Cl)cc1Cl)c(O)n2C. The number of carbonyl (C=O) groups excluding carboxylic acids is 1. The topological polar surface area (TPSA) is 85.4 Å². The van der Waals surface area contributed by atoms with Crippen LogP contribution < -0.4 is 9.47 Å². The zero-order chi connectivity index (χ0) is 21.0. The first-order chi connectivity index (χ1) is 13.9. The molecule has 0 aliphatic carbocycles. The fourth-order valence-electron chi connectivity index (χ4n) is 2.77. The summed E-state index contributed by atoms with van der Waals surface area (Å²) in [6.45, 7) is 0.291. The largest absolute Gasteiger partial charge is 0.497 e. The van der Waals surface area contributed by atoms with Gasteiger partial charge >= 0.3 is 0 Å². The fourth-order valence-corrected chi connectivity index (χ4v) is 3.23. The van der Waals surface area contributed by atoms with Crippen LogP contribution in [0.5, 0.6) is 17.4 Å². The third-order valence-corrected chi connectivity index (χ3v) is 4.83.